The summed E-state index contributed by atoms with van der Waals surface area (Å²) in [7, 11) is 0. The fourth-order valence-electron chi connectivity index (χ4n) is 6.52. The molecule has 4 saturated carbocycles. The second-order valence-electron chi connectivity index (χ2n) is 8.86. The number of nitrogens with zero attached hydrogens (tertiary/aromatic N) is 1. The fraction of sp³-hybridized carbons (Fsp3) is 0.941. The van der Waals surface area contributed by atoms with Crippen LogP contribution in [0.1, 0.15) is 46.0 Å². The molecule has 2 atom stereocenters. The maximum Gasteiger partial charge on any atom is 0.317 e. The molecule has 2 unspecified atom stereocenters. The number of amides is 2. The van der Waals surface area contributed by atoms with E-state index in [1.54, 1.807) is 0 Å². The first-order valence-electron chi connectivity index (χ1n) is 8.61. The molecule has 118 valence electrons. The highest BCUT2D eigenvalue weighted by Crippen LogP contribution is 2.62. The molecule has 1 heterocycles. The molecular weight excluding hydrogens is 264 g/mol. The Bertz CT molecular complexity index is 446. The van der Waals surface area contributed by atoms with Gasteiger partial charge in [0.1, 0.15) is 0 Å². The third-order valence-corrected chi connectivity index (χ3v) is 6.69. The lowest BCUT2D eigenvalue weighted by molar-refractivity contribution is -0.175. The predicted molar refractivity (Wildman–Crippen MR) is 80.7 cm³/mol. The van der Waals surface area contributed by atoms with Crippen molar-refractivity contribution in [3.8, 4) is 0 Å². The summed E-state index contributed by atoms with van der Waals surface area (Å²) >= 11 is 0. The number of hydrogen-bond acceptors (Lipinski definition) is 2. The van der Waals surface area contributed by atoms with Crippen molar-refractivity contribution in [2.45, 2.75) is 51.6 Å². The molecule has 2 amide bonds. The van der Waals surface area contributed by atoms with Gasteiger partial charge in [-0.3, -0.25) is 0 Å². The average molecular weight is 292 g/mol. The Morgan fingerprint density at radius 2 is 1.95 bits per heavy atom. The fourth-order valence-corrected chi connectivity index (χ4v) is 6.52. The lowest BCUT2D eigenvalue weighted by Crippen LogP contribution is -2.59. The Morgan fingerprint density at radius 3 is 2.48 bits per heavy atom. The Kier molecular flexibility index (Phi) is 2.89. The monoisotopic (exact) mass is 292 g/mol. The van der Waals surface area contributed by atoms with Gasteiger partial charge in [0.25, 0.3) is 0 Å². The van der Waals surface area contributed by atoms with Crippen LogP contribution < -0.4 is 5.32 Å². The van der Waals surface area contributed by atoms with Gasteiger partial charge >= 0.3 is 6.03 Å². The summed E-state index contributed by atoms with van der Waals surface area (Å²) in [5.41, 5.74) is -0.200. The maximum absolute atomic E-state index is 11.9. The van der Waals surface area contributed by atoms with Crippen LogP contribution >= 0.6 is 0 Å². The highest BCUT2D eigenvalue weighted by molar-refractivity contribution is 5.76. The Labute approximate surface area is 127 Å². The van der Waals surface area contributed by atoms with Gasteiger partial charge in [-0.2, -0.15) is 0 Å². The van der Waals surface area contributed by atoms with Gasteiger partial charge in [-0.15, -0.1) is 0 Å². The molecule has 1 aliphatic heterocycles. The lowest BCUT2D eigenvalue weighted by atomic mass is 9.46. The van der Waals surface area contributed by atoms with E-state index in [4.69, 9.17) is 0 Å². The molecule has 5 fully saturated rings. The van der Waals surface area contributed by atoms with Crippen LogP contribution in [0.15, 0.2) is 0 Å². The van der Waals surface area contributed by atoms with Crippen LogP contribution in [-0.4, -0.2) is 41.3 Å². The van der Waals surface area contributed by atoms with Crippen LogP contribution in [0.5, 0.6) is 0 Å². The van der Waals surface area contributed by atoms with E-state index in [2.05, 4.69) is 19.2 Å². The normalized spacial score (nSPS) is 45.3. The van der Waals surface area contributed by atoms with Crippen molar-refractivity contribution in [1.29, 1.82) is 0 Å². The van der Waals surface area contributed by atoms with Crippen molar-refractivity contribution in [2.75, 3.05) is 19.6 Å². The average Bonchev–Trinajstić information content (AvgIpc) is 2.70. The zero-order chi connectivity index (χ0) is 14.8. The van der Waals surface area contributed by atoms with Gasteiger partial charge in [0.2, 0.25) is 0 Å². The second kappa shape index (κ2) is 4.37. The van der Waals surface area contributed by atoms with E-state index in [1.165, 1.54) is 12.8 Å². The molecular formula is C17H28N2O2. The van der Waals surface area contributed by atoms with Crippen molar-refractivity contribution >= 4 is 6.03 Å². The zero-order valence-corrected chi connectivity index (χ0v) is 13.3. The maximum atomic E-state index is 11.9. The minimum atomic E-state index is -0.353. The van der Waals surface area contributed by atoms with Crippen LogP contribution in [0.3, 0.4) is 0 Å². The van der Waals surface area contributed by atoms with Crippen molar-refractivity contribution in [3.05, 3.63) is 0 Å². The van der Waals surface area contributed by atoms with Gasteiger partial charge in [-0.25, -0.2) is 4.79 Å². The summed E-state index contributed by atoms with van der Waals surface area (Å²) in [5.74, 6) is 2.76. The number of hydrogen-bond donors (Lipinski definition) is 2. The standard InChI is InChI=1S/C17H28N2O2/c1-16(2,10-19-4-3-18-15(19)20)14-12-5-11-6-13(14)9-17(21,7-11)8-12/h11-14,21H,3-10H2,1-2H3,(H,18,20). The van der Waals surface area contributed by atoms with E-state index in [0.717, 1.165) is 44.8 Å². The largest absolute Gasteiger partial charge is 0.390 e. The van der Waals surface area contributed by atoms with E-state index >= 15 is 0 Å². The molecule has 0 radical (unpaired) electrons. The molecule has 0 aromatic heterocycles. The molecule has 2 N–H and O–H groups in total. The Balaban J connectivity index is 1.54. The minimum absolute atomic E-state index is 0.102. The molecule has 4 aliphatic carbocycles. The molecule has 5 rings (SSSR count). The van der Waals surface area contributed by atoms with Gasteiger partial charge in [-0.1, -0.05) is 13.8 Å². The van der Waals surface area contributed by atoms with Crippen LogP contribution in [0, 0.1) is 29.1 Å². The van der Waals surface area contributed by atoms with Crippen molar-refractivity contribution < 1.29 is 9.90 Å². The van der Waals surface area contributed by atoms with Gasteiger partial charge in [0.15, 0.2) is 0 Å². The highest BCUT2D eigenvalue weighted by atomic mass is 16.3. The summed E-state index contributed by atoms with van der Waals surface area (Å²) in [6.07, 6.45) is 5.65. The molecule has 4 bridgehead atoms. The number of aliphatic hydroxyl groups is 1. The topological polar surface area (TPSA) is 52.6 Å². The molecule has 5 aliphatic rings. The molecule has 1 saturated heterocycles. The van der Waals surface area contributed by atoms with Crippen LogP contribution in [-0.2, 0) is 0 Å². The van der Waals surface area contributed by atoms with Crippen molar-refractivity contribution in [3.63, 3.8) is 0 Å². The van der Waals surface area contributed by atoms with Gasteiger partial charge in [0.05, 0.1) is 5.60 Å². The zero-order valence-electron chi connectivity index (χ0n) is 13.3. The highest BCUT2D eigenvalue weighted by Gasteiger charge is 2.58. The third-order valence-electron chi connectivity index (χ3n) is 6.69. The smallest absolute Gasteiger partial charge is 0.317 e. The van der Waals surface area contributed by atoms with Gasteiger partial charge in [-0.05, 0) is 61.2 Å². The van der Waals surface area contributed by atoms with Crippen molar-refractivity contribution in [2.24, 2.45) is 29.1 Å². The van der Waals surface area contributed by atoms with E-state index in [-0.39, 0.29) is 17.0 Å². The summed E-state index contributed by atoms with van der Waals surface area (Å²) in [6, 6.07) is 0.102. The summed E-state index contributed by atoms with van der Waals surface area (Å²) < 4.78 is 0. The Morgan fingerprint density at radius 1 is 1.29 bits per heavy atom. The number of carbonyl (C=O) groups excluding carboxylic acids is 1. The van der Waals surface area contributed by atoms with Crippen LogP contribution in [0.25, 0.3) is 0 Å². The van der Waals surface area contributed by atoms with Gasteiger partial charge < -0.3 is 15.3 Å². The SMILES string of the molecule is CC(C)(CN1CCNC1=O)C1C2CC3CC1CC(O)(C3)C2. The molecule has 0 aromatic rings. The molecule has 4 heteroatoms. The Hall–Kier alpha value is -0.770. The van der Waals surface area contributed by atoms with Crippen molar-refractivity contribution in [1.82, 2.24) is 10.2 Å². The van der Waals surface area contributed by atoms with E-state index < -0.39 is 0 Å². The summed E-state index contributed by atoms with van der Waals surface area (Å²) in [5, 5.41) is 13.7. The number of rotatable bonds is 3. The molecule has 4 nitrogen and oxygen atoms in total. The van der Waals surface area contributed by atoms with Crippen LogP contribution in [0.4, 0.5) is 4.79 Å². The van der Waals surface area contributed by atoms with Crippen LogP contribution in [0.2, 0.25) is 0 Å². The second-order valence-corrected chi connectivity index (χ2v) is 8.86. The predicted octanol–water partition coefficient (Wildman–Crippen LogP) is 2.23. The first kappa shape index (κ1) is 13.9. The lowest BCUT2D eigenvalue weighted by Gasteiger charge is -2.61. The molecule has 0 spiro atoms. The van der Waals surface area contributed by atoms with E-state index in [9.17, 15) is 9.90 Å². The minimum Gasteiger partial charge on any atom is -0.390 e. The molecule has 0 aromatic carbocycles. The number of carbonyl (C=O) groups is 1. The van der Waals surface area contributed by atoms with Gasteiger partial charge in [0, 0.05) is 19.6 Å². The first-order valence-corrected chi connectivity index (χ1v) is 8.61. The molecule has 21 heavy (non-hydrogen) atoms. The summed E-state index contributed by atoms with van der Waals surface area (Å²) in [4.78, 5) is 13.9. The number of urea groups is 1. The first-order chi connectivity index (χ1) is 9.86. The summed E-state index contributed by atoms with van der Waals surface area (Å²) in [6.45, 7) is 7.18. The van der Waals surface area contributed by atoms with E-state index in [1.807, 2.05) is 4.90 Å². The number of nitrogens with one attached hydrogen (secondary N) is 1. The third kappa shape index (κ3) is 2.18. The quantitative estimate of drug-likeness (QED) is 0.838. The van der Waals surface area contributed by atoms with E-state index in [0.29, 0.717) is 17.8 Å².